The Labute approximate surface area is 143 Å². The van der Waals surface area contributed by atoms with Crippen LogP contribution in [0.1, 0.15) is 20.7 Å². The largest absolute Gasteiger partial charge is 0.490 e. The molecule has 2 aromatic carbocycles. The van der Waals surface area contributed by atoms with Crippen molar-refractivity contribution >= 4 is 22.7 Å². The van der Waals surface area contributed by atoms with Gasteiger partial charge < -0.3 is 14.8 Å². The predicted molar refractivity (Wildman–Crippen MR) is 91.6 cm³/mol. The maximum atomic E-state index is 12.3. The molecule has 25 heavy (non-hydrogen) atoms. The lowest BCUT2D eigenvalue weighted by Gasteiger charge is -2.19. The summed E-state index contributed by atoms with van der Waals surface area (Å²) in [7, 11) is 0. The number of fused-ring (bicyclic) bond motifs is 2. The Kier molecular flexibility index (Phi) is 3.74. The van der Waals surface area contributed by atoms with Gasteiger partial charge in [0.05, 0.1) is 17.7 Å². The number of β-amino-alcohol motifs (C(OH)–C–C–N with tert-alkyl or cyclic N) is 1. The second kappa shape index (κ2) is 6.07. The monoisotopic (exact) mass is 336 g/mol. The highest BCUT2D eigenvalue weighted by Gasteiger charge is 2.36. The van der Waals surface area contributed by atoms with Crippen molar-refractivity contribution in [2.24, 2.45) is 0 Å². The Hall–Kier alpha value is -3.12. The van der Waals surface area contributed by atoms with Crippen molar-refractivity contribution in [2.75, 3.05) is 13.2 Å². The first-order chi connectivity index (χ1) is 12.1. The van der Waals surface area contributed by atoms with Crippen LogP contribution in [-0.4, -0.2) is 46.1 Å². The number of aliphatic hydroxyl groups is 1. The predicted octanol–water partition coefficient (Wildman–Crippen LogP) is 2.20. The van der Waals surface area contributed by atoms with Gasteiger partial charge in [0.1, 0.15) is 18.5 Å². The Morgan fingerprint density at radius 2 is 1.72 bits per heavy atom. The molecular formula is C19H16N2O4. The highest BCUT2D eigenvalue weighted by Crippen LogP contribution is 2.25. The maximum absolute atomic E-state index is 12.3. The molecule has 2 heterocycles. The molecule has 4 rings (SSSR count). The van der Waals surface area contributed by atoms with E-state index in [9.17, 15) is 14.7 Å². The van der Waals surface area contributed by atoms with E-state index < -0.39 is 6.10 Å². The summed E-state index contributed by atoms with van der Waals surface area (Å²) < 4.78 is 5.68. The van der Waals surface area contributed by atoms with Crippen molar-refractivity contribution in [2.45, 2.75) is 6.10 Å². The number of hydrogen-bond acceptors (Lipinski definition) is 4. The van der Waals surface area contributed by atoms with E-state index in [4.69, 9.17) is 4.74 Å². The molecule has 0 fully saturated rings. The number of amides is 2. The van der Waals surface area contributed by atoms with Gasteiger partial charge in [0.15, 0.2) is 0 Å². The van der Waals surface area contributed by atoms with Gasteiger partial charge in [-0.1, -0.05) is 18.2 Å². The zero-order valence-electron chi connectivity index (χ0n) is 13.3. The van der Waals surface area contributed by atoms with E-state index in [0.717, 1.165) is 15.8 Å². The summed E-state index contributed by atoms with van der Waals surface area (Å²) in [5.41, 5.74) is 1.68. The lowest BCUT2D eigenvalue weighted by atomic mass is 10.1. The summed E-state index contributed by atoms with van der Waals surface area (Å²) in [5, 5.41) is 11.1. The topological polar surface area (TPSA) is 82.6 Å². The zero-order valence-corrected chi connectivity index (χ0v) is 13.3. The van der Waals surface area contributed by atoms with Crippen LogP contribution in [0.25, 0.3) is 10.9 Å². The lowest BCUT2D eigenvalue weighted by Crippen LogP contribution is -2.39. The SMILES string of the molecule is O=C1c2ccccc2C(=O)N1CC(O)COc1cccc2[nH]ccc12. The number of aromatic amines is 1. The quantitative estimate of drug-likeness (QED) is 0.700. The van der Waals surface area contributed by atoms with Crippen molar-refractivity contribution < 1.29 is 19.4 Å². The molecule has 6 heteroatoms. The fourth-order valence-electron chi connectivity index (χ4n) is 3.04. The number of nitrogens with zero attached hydrogens (tertiary/aromatic N) is 1. The van der Waals surface area contributed by atoms with E-state index in [0.29, 0.717) is 16.9 Å². The molecule has 0 spiro atoms. The van der Waals surface area contributed by atoms with E-state index in [2.05, 4.69) is 4.98 Å². The standard InChI is InChI=1S/C19H16N2O4/c22-12(11-25-17-7-3-6-16-15(17)8-9-20-16)10-21-18(23)13-4-1-2-5-14(13)19(21)24/h1-9,12,20,22H,10-11H2. The van der Waals surface area contributed by atoms with Crippen LogP contribution in [0.4, 0.5) is 0 Å². The van der Waals surface area contributed by atoms with Gasteiger partial charge in [-0.05, 0) is 30.3 Å². The molecule has 0 radical (unpaired) electrons. The molecule has 1 atom stereocenters. The Balaban J connectivity index is 1.43. The molecule has 1 aromatic heterocycles. The third kappa shape index (κ3) is 2.66. The number of ether oxygens (including phenoxy) is 1. The molecule has 0 aliphatic carbocycles. The van der Waals surface area contributed by atoms with Crippen LogP contribution in [0.15, 0.2) is 54.7 Å². The molecule has 2 amide bonds. The Morgan fingerprint density at radius 1 is 1.00 bits per heavy atom. The van der Waals surface area contributed by atoms with Crippen LogP contribution in [0.3, 0.4) is 0 Å². The van der Waals surface area contributed by atoms with E-state index >= 15 is 0 Å². The van der Waals surface area contributed by atoms with E-state index in [1.807, 2.05) is 30.5 Å². The van der Waals surface area contributed by atoms with Crippen LogP contribution < -0.4 is 4.74 Å². The van der Waals surface area contributed by atoms with Crippen molar-refractivity contribution in [1.29, 1.82) is 0 Å². The molecule has 1 aliphatic rings. The van der Waals surface area contributed by atoms with E-state index in [-0.39, 0.29) is 25.0 Å². The molecule has 1 aliphatic heterocycles. The Morgan fingerprint density at radius 3 is 2.44 bits per heavy atom. The minimum Gasteiger partial charge on any atom is -0.490 e. The minimum atomic E-state index is -0.976. The number of carbonyl (C=O) groups is 2. The average Bonchev–Trinajstić information content (AvgIpc) is 3.20. The van der Waals surface area contributed by atoms with Crippen molar-refractivity contribution in [3.63, 3.8) is 0 Å². The fourth-order valence-corrected chi connectivity index (χ4v) is 3.04. The first kappa shape index (κ1) is 15.4. The summed E-state index contributed by atoms with van der Waals surface area (Å²) in [6, 6.07) is 14.1. The highest BCUT2D eigenvalue weighted by atomic mass is 16.5. The van der Waals surface area contributed by atoms with Gasteiger partial charge in [-0.2, -0.15) is 0 Å². The smallest absolute Gasteiger partial charge is 0.261 e. The summed E-state index contributed by atoms with van der Waals surface area (Å²) in [4.78, 5) is 28.8. The summed E-state index contributed by atoms with van der Waals surface area (Å²) >= 11 is 0. The third-order valence-electron chi connectivity index (χ3n) is 4.26. The van der Waals surface area contributed by atoms with Crippen LogP contribution in [0, 0.1) is 0 Å². The number of nitrogens with one attached hydrogen (secondary N) is 1. The third-order valence-corrected chi connectivity index (χ3v) is 4.26. The van der Waals surface area contributed by atoms with Gasteiger partial charge >= 0.3 is 0 Å². The molecule has 126 valence electrons. The molecule has 6 nitrogen and oxygen atoms in total. The Bertz CT molecular complexity index is 928. The highest BCUT2D eigenvalue weighted by molar-refractivity contribution is 6.21. The van der Waals surface area contributed by atoms with Crippen molar-refractivity contribution in [3.05, 3.63) is 65.9 Å². The summed E-state index contributed by atoms with van der Waals surface area (Å²) in [6.07, 6.45) is 0.837. The molecular weight excluding hydrogens is 320 g/mol. The molecule has 2 N–H and O–H groups in total. The molecule has 0 saturated heterocycles. The number of imide groups is 1. The van der Waals surface area contributed by atoms with Crippen LogP contribution >= 0.6 is 0 Å². The van der Waals surface area contributed by atoms with Gasteiger partial charge in [0.2, 0.25) is 0 Å². The van der Waals surface area contributed by atoms with Gasteiger partial charge in [-0.15, -0.1) is 0 Å². The average molecular weight is 336 g/mol. The number of benzene rings is 2. The number of rotatable bonds is 5. The van der Waals surface area contributed by atoms with Crippen molar-refractivity contribution in [3.8, 4) is 5.75 Å². The number of H-pyrrole nitrogens is 1. The summed E-state index contributed by atoms with van der Waals surface area (Å²) in [5.74, 6) is -0.125. The van der Waals surface area contributed by atoms with Gasteiger partial charge in [0, 0.05) is 17.1 Å². The van der Waals surface area contributed by atoms with Gasteiger partial charge in [-0.3, -0.25) is 14.5 Å². The molecule has 3 aromatic rings. The molecule has 1 unspecified atom stereocenters. The lowest BCUT2D eigenvalue weighted by molar-refractivity contribution is 0.0458. The summed E-state index contributed by atoms with van der Waals surface area (Å²) in [6.45, 7) is -0.118. The number of hydrogen-bond donors (Lipinski definition) is 2. The normalized spacial score (nSPS) is 14.8. The van der Waals surface area contributed by atoms with Gasteiger partial charge in [0.25, 0.3) is 11.8 Å². The zero-order chi connectivity index (χ0) is 17.4. The first-order valence-electron chi connectivity index (χ1n) is 7.97. The second-order valence-electron chi connectivity index (χ2n) is 5.93. The van der Waals surface area contributed by atoms with E-state index in [1.54, 1.807) is 24.3 Å². The fraction of sp³-hybridized carbons (Fsp3) is 0.158. The van der Waals surface area contributed by atoms with Crippen molar-refractivity contribution in [1.82, 2.24) is 9.88 Å². The van der Waals surface area contributed by atoms with Gasteiger partial charge in [-0.25, -0.2) is 0 Å². The first-order valence-corrected chi connectivity index (χ1v) is 7.97. The number of carbonyl (C=O) groups excluding carboxylic acids is 2. The van der Waals surface area contributed by atoms with Crippen LogP contribution in [0.5, 0.6) is 5.75 Å². The number of aromatic nitrogens is 1. The van der Waals surface area contributed by atoms with Crippen LogP contribution in [-0.2, 0) is 0 Å². The van der Waals surface area contributed by atoms with Crippen LogP contribution in [0.2, 0.25) is 0 Å². The molecule has 0 saturated carbocycles. The van der Waals surface area contributed by atoms with E-state index in [1.165, 1.54) is 0 Å². The number of aliphatic hydroxyl groups excluding tert-OH is 1. The maximum Gasteiger partial charge on any atom is 0.261 e. The molecule has 0 bridgehead atoms. The second-order valence-corrected chi connectivity index (χ2v) is 5.93. The minimum absolute atomic E-state index is 0.0162.